The van der Waals surface area contributed by atoms with E-state index in [4.69, 9.17) is 0 Å². The Morgan fingerprint density at radius 2 is 1.60 bits per heavy atom. The van der Waals surface area contributed by atoms with Crippen molar-refractivity contribution in [1.29, 1.82) is 0 Å². The van der Waals surface area contributed by atoms with Crippen molar-refractivity contribution in [1.82, 2.24) is 10.2 Å². The molecule has 1 saturated heterocycles. The molecule has 30 heavy (non-hydrogen) atoms. The summed E-state index contributed by atoms with van der Waals surface area (Å²) in [5.41, 5.74) is 3.27. The zero-order valence-corrected chi connectivity index (χ0v) is 16.8. The van der Waals surface area contributed by atoms with Crippen molar-refractivity contribution < 1.29 is 14.4 Å². The molecule has 2 heterocycles. The number of hydrogen-bond acceptors (Lipinski definition) is 3. The van der Waals surface area contributed by atoms with Crippen molar-refractivity contribution in [3.63, 3.8) is 0 Å². The van der Waals surface area contributed by atoms with Crippen LogP contribution in [0.15, 0.2) is 48.5 Å². The van der Waals surface area contributed by atoms with Gasteiger partial charge in [0, 0.05) is 24.6 Å². The average molecular weight is 403 g/mol. The van der Waals surface area contributed by atoms with Crippen LogP contribution in [-0.4, -0.2) is 34.8 Å². The molecule has 6 nitrogen and oxygen atoms in total. The first-order valence-electron chi connectivity index (χ1n) is 10.7. The third kappa shape index (κ3) is 3.26. The molecule has 154 valence electrons. The quantitative estimate of drug-likeness (QED) is 0.796. The Balaban J connectivity index is 1.32. The predicted octanol–water partition coefficient (Wildman–Crippen LogP) is 3.64. The number of urea groups is 1. The minimum absolute atomic E-state index is 0.0969. The molecule has 2 fully saturated rings. The Hall–Kier alpha value is -3.15. The number of hydrogen-bond donors (Lipinski definition) is 1. The molecule has 5 rings (SSSR count). The fourth-order valence-corrected chi connectivity index (χ4v) is 4.83. The summed E-state index contributed by atoms with van der Waals surface area (Å²) in [7, 11) is 0. The summed E-state index contributed by atoms with van der Waals surface area (Å²) in [4.78, 5) is 41.5. The maximum atomic E-state index is 13.0. The number of benzene rings is 2. The number of carbonyl (C=O) groups is 3. The van der Waals surface area contributed by atoms with Crippen LogP contribution in [0.1, 0.15) is 53.6 Å². The molecule has 1 saturated carbocycles. The van der Waals surface area contributed by atoms with Crippen LogP contribution in [0.25, 0.3) is 0 Å². The van der Waals surface area contributed by atoms with Gasteiger partial charge in [-0.05, 0) is 48.2 Å². The lowest BCUT2D eigenvalue weighted by molar-refractivity contribution is -0.120. The van der Waals surface area contributed by atoms with Crippen molar-refractivity contribution in [2.45, 2.75) is 57.2 Å². The molecule has 6 heteroatoms. The van der Waals surface area contributed by atoms with Crippen LogP contribution in [0, 0.1) is 0 Å². The number of imide groups is 1. The lowest BCUT2D eigenvalue weighted by Crippen LogP contribution is -2.39. The van der Waals surface area contributed by atoms with E-state index in [1.54, 1.807) is 29.2 Å². The van der Waals surface area contributed by atoms with Crippen molar-refractivity contribution >= 4 is 23.5 Å². The molecular formula is C24H25N3O3. The maximum Gasteiger partial charge on any atom is 0.332 e. The second kappa shape index (κ2) is 7.59. The molecule has 0 bridgehead atoms. The highest BCUT2D eigenvalue weighted by Gasteiger charge is 2.47. The predicted molar refractivity (Wildman–Crippen MR) is 113 cm³/mol. The first kappa shape index (κ1) is 18.9. The molecule has 2 aliphatic heterocycles. The lowest BCUT2D eigenvalue weighted by Gasteiger charge is -2.28. The maximum absolute atomic E-state index is 13.0. The van der Waals surface area contributed by atoms with Gasteiger partial charge in [-0.25, -0.2) is 9.69 Å². The first-order chi connectivity index (χ1) is 14.6. The highest BCUT2D eigenvalue weighted by molar-refractivity contribution is 6.21. The molecule has 3 aliphatic rings. The number of anilines is 1. The van der Waals surface area contributed by atoms with Gasteiger partial charge in [-0.1, -0.05) is 43.5 Å². The van der Waals surface area contributed by atoms with Crippen molar-refractivity contribution in [3.05, 3.63) is 65.2 Å². The number of nitrogens with one attached hydrogen (secondary N) is 1. The van der Waals surface area contributed by atoms with Gasteiger partial charge in [0.15, 0.2) is 0 Å². The number of amides is 4. The smallest absolute Gasteiger partial charge is 0.332 e. The molecule has 1 aliphatic carbocycles. The second-order valence-electron chi connectivity index (χ2n) is 8.43. The molecular weight excluding hydrogens is 378 g/mol. The van der Waals surface area contributed by atoms with Gasteiger partial charge in [0.2, 0.25) is 0 Å². The molecule has 1 N–H and O–H groups in total. The summed E-state index contributed by atoms with van der Waals surface area (Å²) in [6, 6.07) is 14.2. The van der Waals surface area contributed by atoms with Crippen molar-refractivity contribution in [2.75, 3.05) is 4.90 Å². The first-order valence-corrected chi connectivity index (χ1v) is 10.7. The van der Waals surface area contributed by atoms with E-state index in [1.807, 2.05) is 24.3 Å². The Morgan fingerprint density at radius 1 is 0.900 bits per heavy atom. The van der Waals surface area contributed by atoms with Crippen LogP contribution in [0.3, 0.4) is 0 Å². The molecule has 1 atom stereocenters. The van der Waals surface area contributed by atoms with Gasteiger partial charge in [-0.15, -0.1) is 0 Å². The van der Waals surface area contributed by atoms with Crippen molar-refractivity contribution in [3.8, 4) is 0 Å². The van der Waals surface area contributed by atoms with E-state index in [1.165, 1.54) is 11.3 Å². The van der Waals surface area contributed by atoms with E-state index in [0.717, 1.165) is 36.8 Å². The minimum Gasteiger partial charge on any atom is -0.349 e. The number of rotatable bonds is 3. The third-order valence-electron chi connectivity index (χ3n) is 6.52. The summed E-state index contributed by atoms with van der Waals surface area (Å²) >= 11 is 0. The van der Waals surface area contributed by atoms with Gasteiger partial charge in [-0.3, -0.25) is 9.59 Å². The van der Waals surface area contributed by atoms with Crippen LogP contribution < -0.4 is 10.2 Å². The molecule has 2 aromatic rings. The Labute approximate surface area is 175 Å². The summed E-state index contributed by atoms with van der Waals surface area (Å²) in [6.45, 7) is 0.448. The van der Waals surface area contributed by atoms with Crippen LogP contribution >= 0.6 is 0 Å². The van der Waals surface area contributed by atoms with Crippen LogP contribution in [0.4, 0.5) is 10.5 Å². The van der Waals surface area contributed by atoms with E-state index in [9.17, 15) is 14.4 Å². The zero-order chi connectivity index (χ0) is 20.7. The third-order valence-corrected chi connectivity index (χ3v) is 6.52. The van der Waals surface area contributed by atoms with Gasteiger partial charge in [0.25, 0.3) is 11.8 Å². The van der Waals surface area contributed by atoms with Crippen LogP contribution in [-0.2, 0) is 17.8 Å². The highest BCUT2D eigenvalue weighted by atomic mass is 16.2. The molecule has 2 aromatic carbocycles. The van der Waals surface area contributed by atoms with Gasteiger partial charge in [-0.2, -0.15) is 0 Å². The Bertz CT molecular complexity index is 952. The van der Waals surface area contributed by atoms with E-state index >= 15 is 0 Å². The highest BCUT2D eigenvalue weighted by Crippen LogP contribution is 2.33. The summed E-state index contributed by atoms with van der Waals surface area (Å²) in [5.74, 6) is -0.297. The average Bonchev–Trinajstić information content (AvgIpc) is 3.02. The van der Waals surface area contributed by atoms with Gasteiger partial charge < -0.3 is 10.2 Å². The van der Waals surface area contributed by atoms with E-state index in [2.05, 4.69) is 5.32 Å². The topological polar surface area (TPSA) is 69.7 Å². The summed E-state index contributed by atoms with van der Waals surface area (Å²) < 4.78 is 0. The standard InChI is InChI=1S/C24H25N3O3/c28-22(25-19-8-2-1-3-9-19)16-10-12-20(13-11-16)27-23(29)21-14-17-6-4-5-7-18(17)15-26(21)24(27)30/h4-7,10-13,19,21H,1-3,8-9,14-15H2,(H,25,28). The molecule has 0 spiro atoms. The SMILES string of the molecule is O=C(NC1CCCCC1)c1ccc(N2C(=O)C3Cc4ccccc4CN3C2=O)cc1. The van der Waals surface area contributed by atoms with E-state index < -0.39 is 6.04 Å². The lowest BCUT2D eigenvalue weighted by atomic mass is 9.95. The van der Waals surface area contributed by atoms with Crippen LogP contribution in [0.5, 0.6) is 0 Å². The van der Waals surface area contributed by atoms with E-state index in [0.29, 0.717) is 24.2 Å². The Kier molecular flexibility index (Phi) is 4.77. The number of nitrogens with zero attached hydrogens (tertiary/aromatic N) is 2. The Morgan fingerprint density at radius 3 is 2.33 bits per heavy atom. The largest absolute Gasteiger partial charge is 0.349 e. The van der Waals surface area contributed by atoms with Gasteiger partial charge in [0.05, 0.1) is 5.69 Å². The molecule has 0 radical (unpaired) electrons. The summed E-state index contributed by atoms with van der Waals surface area (Å²) in [5, 5.41) is 3.10. The molecule has 1 unspecified atom stereocenters. The second-order valence-corrected chi connectivity index (χ2v) is 8.43. The normalized spacial score (nSPS) is 21.4. The zero-order valence-electron chi connectivity index (χ0n) is 16.8. The number of carbonyl (C=O) groups excluding carboxylic acids is 3. The van der Waals surface area contributed by atoms with Gasteiger partial charge in [0.1, 0.15) is 6.04 Å². The fourth-order valence-electron chi connectivity index (χ4n) is 4.83. The summed E-state index contributed by atoms with van der Waals surface area (Å²) in [6.07, 6.45) is 6.15. The van der Waals surface area contributed by atoms with Crippen molar-refractivity contribution in [2.24, 2.45) is 0 Å². The fraction of sp³-hybridized carbons (Fsp3) is 0.375. The molecule has 0 aromatic heterocycles. The van der Waals surface area contributed by atoms with E-state index in [-0.39, 0.29) is 23.9 Å². The monoisotopic (exact) mass is 403 g/mol. The minimum atomic E-state index is -0.457. The number of fused-ring (bicyclic) bond motifs is 2. The van der Waals surface area contributed by atoms with Gasteiger partial charge >= 0.3 is 6.03 Å². The van der Waals surface area contributed by atoms with Crippen LogP contribution in [0.2, 0.25) is 0 Å². The molecule has 4 amide bonds.